The van der Waals surface area contributed by atoms with Crippen LogP contribution in [-0.4, -0.2) is 14.9 Å². The molecule has 1 heterocycles. The largest absolute Gasteiger partial charge is 0.431 e. The Labute approximate surface area is 129 Å². The summed E-state index contributed by atoms with van der Waals surface area (Å²) in [5.41, 5.74) is 6.78. The minimum absolute atomic E-state index is 0.142. The summed E-state index contributed by atoms with van der Waals surface area (Å²) in [5.74, 6) is 1.08. The molecule has 0 bridgehead atoms. The Morgan fingerprint density at radius 2 is 1.95 bits per heavy atom. The molecule has 0 atom stereocenters. The van der Waals surface area contributed by atoms with Crippen molar-refractivity contribution in [3.8, 4) is 11.6 Å². The molecule has 2 rings (SSSR count). The number of anilines is 1. The average molecular weight is 353 g/mol. The van der Waals surface area contributed by atoms with Gasteiger partial charge in [-0.2, -0.15) is 4.98 Å². The number of nitrogens with zero attached hydrogens (tertiary/aromatic N) is 3. The van der Waals surface area contributed by atoms with Crippen LogP contribution in [0.3, 0.4) is 0 Å². The lowest BCUT2D eigenvalue weighted by Crippen LogP contribution is -2.04. The van der Waals surface area contributed by atoms with Crippen molar-refractivity contribution in [2.75, 3.05) is 5.73 Å². The molecular weight excluding hydrogens is 340 g/mol. The van der Waals surface area contributed by atoms with Crippen molar-refractivity contribution in [3.05, 3.63) is 43.7 Å². The topological polar surface area (TPSA) is 104 Å². The number of rotatable bonds is 3. The van der Waals surface area contributed by atoms with E-state index in [1.165, 1.54) is 6.07 Å². The smallest absolute Gasteiger partial charge is 0.313 e. The Morgan fingerprint density at radius 3 is 2.57 bits per heavy atom. The highest BCUT2D eigenvalue weighted by Crippen LogP contribution is 2.37. The zero-order valence-electron chi connectivity index (χ0n) is 11.7. The summed E-state index contributed by atoms with van der Waals surface area (Å²) < 4.78 is 6.26. The summed E-state index contributed by atoms with van der Waals surface area (Å²) in [5, 5.41) is 11.2. The number of nitrogen functional groups attached to an aromatic ring is 1. The zero-order chi connectivity index (χ0) is 15.7. The lowest BCUT2D eigenvalue weighted by molar-refractivity contribution is -0.385. The highest BCUT2D eigenvalue weighted by Gasteiger charge is 2.21. The second-order valence-electron chi connectivity index (χ2n) is 4.52. The number of aryl methyl sites for hydroxylation is 2. The maximum absolute atomic E-state index is 11.2. The SMILES string of the molecule is Cc1nc(N)c(C)c(Oc2c(C)cc(Br)cc2[N+](=O)[O-])n1. The van der Waals surface area contributed by atoms with Crippen LogP contribution in [0.2, 0.25) is 0 Å². The molecule has 0 saturated heterocycles. The molecule has 2 aromatic rings. The maximum Gasteiger partial charge on any atom is 0.313 e. The van der Waals surface area contributed by atoms with Crippen molar-refractivity contribution < 1.29 is 9.66 Å². The third kappa shape index (κ3) is 3.10. The Hall–Kier alpha value is -2.22. The summed E-state index contributed by atoms with van der Waals surface area (Å²) in [6, 6.07) is 3.12. The fraction of sp³-hybridized carbons (Fsp3) is 0.231. The predicted octanol–water partition coefficient (Wildman–Crippen LogP) is 3.45. The molecule has 1 aromatic carbocycles. The number of nitro benzene ring substituents is 1. The van der Waals surface area contributed by atoms with Gasteiger partial charge in [-0.1, -0.05) is 15.9 Å². The summed E-state index contributed by atoms with van der Waals surface area (Å²) in [6.07, 6.45) is 0. The Morgan fingerprint density at radius 1 is 1.29 bits per heavy atom. The van der Waals surface area contributed by atoms with E-state index in [4.69, 9.17) is 10.5 Å². The van der Waals surface area contributed by atoms with E-state index in [9.17, 15) is 10.1 Å². The molecule has 0 fully saturated rings. The standard InChI is InChI=1S/C13H13BrN4O3/c1-6-4-9(14)5-10(18(19)20)11(6)21-13-7(2)12(15)16-8(3)17-13/h4-5H,1-3H3,(H2,15,16,17). The first-order chi connectivity index (χ1) is 9.79. The van der Waals surface area contributed by atoms with Crippen molar-refractivity contribution in [1.82, 2.24) is 9.97 Å². The normalized spacial score (nSPS) is 10.5. The van der Waals surface area contributed by atoms with Crippen molar-refractivity contribution in [3.63, 3.8) is 0 Å². The predicted molar refractivity (Wildman–Crippen MR) is 81.5 cm³/mol. The van der Waals surface area contributed by atoms with Crippen molar-refractivity contribution >= 4 is 27.4 Å². The van der Waals surface area contributed by atoms with E-state index in [1.54, 1.807) is 26.8 Å². The summed E-state index contributed by atoms with van der Waals surface area (Å²) in [6.45, 7) is 5.09. The quantitative estimate of drug-likeness (QED) is 0.669. The number of aromatic nitrogens is 2. The Kier molecular flexibility index (Phi) is 4.08. The summed E-state index contributed by atoms with van der Waals surface area (Å²) >= 11 is 3.23. The molecule has 21 heavy (non-hydrogen) atoms. The first-order valence-electron chi connectivity index (χ1n) is 6.02. The van der Waals surface area contributed by atoms with Crippen LogP contribution < -0.4 is 10.5 Å². The highest BCUT2D eigenvalue weighted by molar-refractivity contribution is 9.10. The van der Waals surface area contributed by atoms with Gasteiger partial charge in [0.15, 0.2) is 0 Å². The number of ether oxygens (including phenoxy) is 1. The van der Waals surface area contributed by atoms with Gasteiger partial charge in [0, 0.05) is 16.1 Å². The molecule has 110 valence electrons. The molecule has 2 N–H and O–H groups in total. The molecule has 0 aliphatic heterocycles. The van der Waals surface area contributed by atoms with Crippen LogP contribution in [0, 0.1) is 30.9 Å². The molecule has 0 aliphatic rings. The van der Waals surface area contributed by atoms with Crippen molar-refractivity contribution in [2.45, 2.75) is 20.8 Å². The number of hydrogen-bond acceptors (Lipinski definition) is 6. The molecule has 0 amide bonds. The minimum atomic E-state index is -0.500. The molecular formula is C13H13BrN4O3. The van der Waals surface area contributed by atoms with Crippen LogP contribution in [0.15, 0.2) is 16.6 Å². The van der Waals surface area contributed by atoms with Crippen LogP contribution in [0.25, 0.3) is 0 Å². The van der Waals surface area contributed by atoms with Gasteiger partial charge in [0.05, 0.1) is 10.5 Å². The molecule has 0 spiro atoms. The first kappa shape index (κ1) is 15.2. The van der Waals surface area contributed by atoms with Gasteiger partial charge in [-0.3, -0.25) is 10.1 Å². The van der Waals surface area contributed by atoms with Crippen LogP contribution in [-0.2, 0) is 0 Å². The van der Waals surface area contributed by atoms with Gasteiger partial charge < -0.3 is 10.5 Å². The van der Waals surface area contributed by atoms with Gasteiger partial charge in [0.1, 0.15) is 11.6 Å². The molecule has 0 radical (unpaired) electrons. The summed E-state index contributed by atoms with van der Waals surface area (Å²) in [4.78, 5) is 18.8. The van der Waals surface area contributed by atoms with Gasteiger partial charge in [-0.25, -0.2) is 4.98 Å². The molecule has 1 aromatic heterocycles. The first-order valence-corrected chi connectivity index (χ1v) is 6.82. The van der Waals surface area contributed by atoms with E-state index in [0.29, 0.717) is 21.4 Å². The van der Waals surface area contributed by atoms with E-state index in [0.717, 1.165) is 0 Å². The van der Waals surface area contributed by atoms with Gasteiger partial charge in [-0.15, -0.1) is 0 Å². The van der Waals surface area contributed by atoms with E-state index in [-0.39, 0.29) is 23.1 Å². The van der Waals surface area contributed by atoms with Gasteiger partial charge in [-0.05, 0) is 26.8 Å². The molecule has 8 heteroatoms. The molecule has 0 unspecified atom stereocenters. The molecule has 0 saturated carbocycles. The lowest BCUT2D eigenvalue weighted by atomic mass is 10.2. The third-order valence-corrected chi connectivity index (χ3v) is 3.32. The number of hydrogen-bond donors (Lipinski definition) is 1. The van der Waals surface area contributed by atoms with Gasteiger partial charge >= 0.3 is 5.69 Å². The number of halogens is 1. The minimum Gasteiger partial charge on any atom is -0.431 e. The number of nitro groups is 1. The maximum atomic E-state index is 11.2. The Bertz CT molecular complexity index is 734. The third-order valence-electron chi connectivity index (χ3n) is 2.87. The fourth-order valence-corrected chi connectivity index (χ4v) is 2.36. The van der Waals surface area contributed by atoms with E-state index >= 15 is 0 Å². The summed E-state index contributed by atoms with van der Waals surface area (Å²) in [7, 11) is 0. The lowest BCUT2D eigenvalue weighted by Gasteiger charge is -2.12. The van der Waals surface area contributed by atoms with E-state index in [1.807, 2.05) is 0 Å². The second-order valence-corrected chi connectivity index (χ2v) is 5.43. The number of nitrogens with two attached hydrogens (primary N) is 1. The monoisotopic (exact) mass is 352 g/mol. The number of benzene rings is 1. The molecule has 0 aliphatic carbocycles. The second kappa shape index (κ2) is 5.65. The van der Waals surface area contributed by atoms with Crippen molar-refractivity contribution in [1.29, 1.82) is 0 Å². The van der Waals surface area contributed by atoms with E-state index in [2.05, 4.69) is 25.9 Å². The van der Waals surface area contributed by atoms with Gasteiger partial charge in [0.25, 0.3) is 0 Å². The van der Waals surface area contributed by atoms with Crippen LogP contribution in [0.1, 0.15) is 17.0 Å². The molecule has 7 nitrogen and oxygen atoms in total. The van der Waals surface area contributed by atoms with Crippen molar-refractivity contribution in [2.24, 2.45) is 0 Å². The van der Waals surface area contributed by atoms with Crippen LogP contribution >= 0.6 is 15.9 Å². The fourth-order valence-electron chi connectivity index (χ4n) is 1.80. The van der Waals surface area contributed by atoms with Crippen LogP contribution in [0.4, 0.5) is 11.5 Å². The van der Waals surface area contributed by atoms with Gasteiger partial charge in [0.2, 0.25) is 11.6 Å². The van der Waals surface area contributed by atoms with E-state index < -0.39 is 4.92 Å². The van der Waals surface area contributed by atoms with Crippen LogP contribution in [0.5, 0.6) is 11.6 Å². The highest BCUT2D eigenvalue weighted by atomic mass is 79.9. The zero-order valence-corrected chi connectivity index (χ0v) is 13.3. The average Bonchev–Trinajstić information content (AvgIpc) is 2.37. The Balaban J connectivity index is 2.57.